The zero-order valence-electron chi connectivity index (χ0n) is 14.5. The summed E-state index contributed by atoms with van der Waals surface area (Å²) in [7, 11) is 0. The van der Waals surface area contributed by atoms with Gasteiger partial charge in [-0.25, -0.2) is 0 Å². The van der Waals surface area contributed by atoms with Gasteiger partial charge in [-0.15, -0.1) is 0 Å². The summed E-state index contributed by atoms with van der Waals surface area (Å²) in [5, 5.41) is 16.6. The highest BCUT2D eigenvalue weighted by molar-refractivity contribution is 5.95. The van der Waals surface area contributed by atoms with Crippen LogP contribution in [0.2, 0.25) is 0 Å². The lowest BCUT2D eigenvalue weighted by atomic mass is 9.99. The number of hydrogen-bond acceptors (Lipinski definition) is 5. The van der Waals surface area contributed by atoms with Crippen LogP contribution in [0.1, 0.15) is 44.3 Å². The van der Waals surface area contributed by atoms with Crippen LogP contribution in [0.3, 0.4) is 0 Å². The van der Waals surface area contributed by atoms with Crippen LogP contribution >= 0.6 is 0 Å². The maximum Gasteiger partial charge on any atom is 0.227 e. The van der Waals surface area contributed by atoms with Gasteiger partial charge in [0.1, 0.15) is 0 Å². The lowest BCUT2D eigenvalue weighted by Gasteiger charge is -2.13. The average Bonchev–Trinajstić information content (AvgIpc) is 3.00. The van der Waals surface area contributed by atoms with E-state index in [0.29, 0.717) is 12.2 Å². The second-order valence-corrected chi connectivity index (χ2v) is 6.60. The van der Waals surface area contributed by atoms with E-state index in [1.807, 2.05) is 19.1 Å². The number of fused-ring (bicyclic) bond motifs is 4. The summed E-state index contributed by atoms with van der Waals surface area (Å²) in [5.41, 5.74) is 9.44. The van der Waals surface area contributed by atoms with E-state index in [-0.39, 0.29) is 24.5 Å². The monoisotopic (exact) mass is 343 g/mol. The molecule has 2 bridgehead atoms. The number of pyridine rings is 1. The van der Waals surface area contributed by atoms with Crippen molar-refractivity contribution in [3.8, 4) is 11.3 Å². The van der Waals surface area contributed by atoms with Gasteiger partial charge in [-0.05, 0) is 25.0 Å². The summed E-state index contributed by atoms with van der Waals surface area (Å²) in [6.45, 7) is 2.26. The van der Waals surface area contributed by atoms with Gasteiger partial charge in [0.15, 0.2) is 0 Å². The first kappa shape index (κ1) is 17.6. The Morgan fingerprint density at radius 1 is 1.40 bits per heavy atom. The van der Waals surface area contributed by atoms with Gasteiger partial charge in [-0.2, -0.15) is 5.10 Å². The van der Waals surface area contributed by atoms with Crippen LogP contribution in [0.15, 0.2) is 24.5 Å². The van der Waals surface area contributed by atoms with E-state index in [4.69, 9.17) is 5.73 Å². The molecule has 2 atom stereocenters. The highest BCUT2D eigenvalue weighted by atomic mass is 16.3. The number of amides is 1. The molecule has 25 heavy (non-hydrogen) atoms. The molecular formula is C18H25N5O2. The number of nitrogens with one attached hydrogen (secondary N) is 1. The SMILES string of the molecule is C[C@@H]1CCCC[C@H](N)c2cc(ccn2)-c2c(cnn2CCO)NC1=O. The molecule has 0 saturated heterocycles. The molecule has 0 unspecified atom stereocenters. The standard InChI is InChI=1S/C18H25N5O2/c1-12-4-2-3-5-14(19)15-10-13(6-7-20-15)17-16(22-18(12)25)11-21-23(17)8-9-24/h6-7,10-12,14,24H,2-5,8-9,19H2,1H3,(H,22,25)/t12-,14+/m1/s1. The molecule has 0 aliphatic carbocycles. The molecule has 0 saturated carbocycles. The van der Waals surface area contributed by atoms with Gasteiger partial charge in [0, 0.05) is 23.7 Å². The van der Waals surface area contributed by atoms with Gasteiger partial charge in [0.25, 0.3) is 0 Å². The van der Waals surface area contributed by atoms with Crippen LogP contribution in [0.4, 0.5) is 5.69 Å². The van der Waals surface area contributed by atoms with Crippen LogP contribution in [0.25, 0.3) is 11.3 Å². The molecule has 0 radical (unpaired) electrons. The number of nitrogens with two attached hydrogens (primary N) is 1. The van der Waals surface area contributed by atoms with E-state index in [9.17, 15) is 9.90 Å². The van der Waals surface area contributed by atoms with Crippen molar-refractivity contribution in [2.24, 2.45) is 11.7 Å². The van der Waals surface area contributed by atoms with Gasteiger partial charge >= 0.3 is 0 Å². The van der Waals surface area contributed by atoms with Crippen molar-refractivity contribution >= 4 is 11.6 Å². The molecule has 3 rings (SSSR count). The number of aromatic nitrogens is 3. The maximum absolute atomic E-state index is 12.5. The van der Waals surface area contributed by atoms with E-state index in [2.05, 4.69) is 15.4 Å². The number of anilines is 1. The Labute approximate surface area is 147 Å². The average molecular weight is 343 g/mol. The predicted octanol–water partition coefficient (Wildman–Crippen LogP) is 2.09. The third-order valence-corrected chi connectivity index (χ3v) is 4.69. The molecule has 3 heterocycles. The minimum Gasteiger partial charge on any atom is -0.394 e. The minimum absolute atomic E-state index is 0.0115. The Kier molecular flexibility index (Phi) is 5.45. The number of rotatable bonds is 2. The number of hydrogen-bond donors (Lipinski definition) is 3. The smallest absolute Gasteiger partial charge is 0.227 e. The fourth-order valence-electron chi connectivity index (χ4n) is 3.19. The molecule has 4 N–H and O–H groups in total. The molecule has 1 aliphatic heterocycles. The summed E-state index contributed by atoms with van der Waals surface area (Å²) in [6.07, 6.45) is 6.95. The predicted molar refractivity (Wildman–Crippen MR) is 95.7 cm³/mol. The van der Waals surface area contributed by atoms with Gasteiger partial charge in [0.2, 0.25) is 5.91 Å². The number of carbonyl (C=O) groups is 1. The zero-order chi connectivity index (χ0) is 17.8. The Bertz CT molecular complexity index is 743. The topological polar surface area (TPSA) is 106 Å². The maximum atomic E-state index is 12.5. The summed E-state index contributed by atoms with van der Waals surface area (Å²) < 4.78 is 1.70. The zero-order valence-corrected chi connectivity index (χ0v) is 14.5. The van der Waals surface area contributed by atoms with E-state index in [0.717, 1.165) is 42.6 Å². The number of aliphatic hydroxyl groups excluding tert-OH is 1. The molecule has 0 aromatic carbocycles. The fraction of sp³-hybridized carbons (Fsp3) is 0.500. The van der Waals surface area contributed by atoms with Gasteiger partial charge in [0.05, 0.1) is 36.4 Å². The molecule has 0 fully saturated rings. The third kappa shape index (κ3) is 3.88. The van der Waals surface area contributed by atoms with E-state index >= 15 is 0 Å². The van der Waals surface area contributed by atoms with Crippen molar-refractivity contribution in [3.63, 3.8) is 0 Å². The lowest BCUT2D eigenvalue weighted by Crippen LogP contribution is -2.20. The summed E-state index contributed by atoms with van der Waals surface area (Å²) >= 11 is 0. The number of carbonyl (C=O) groups excluding carboxylic acids is 1. The number of aliphatic hydroxyl groups is 1. The largest absolute Gasteiger partial charge is 0.394 e. The first-order valence-corrected chi connectivity index (χ1v) is 8.79. The normalized spacial score (nSPS) is 21.5. The molecule has 1 amide bonds. The van der Waals surface area contributed by atoms with Crippen LogP contribution in [-0.2, 0) is 11.3 Å². The van der Waals surface area contributed by atoms with Gasteiger partial charge < -0.3 is 16.2 Å². The summed E-state index contributed by atoms with van der Waals surface area (Å²) in [5.74, 6) is -0.0881. The Balaban J connectivity index is 2.07. The van der Waals surface area contributed by atoms with E-state index < -0.39 is 0 Å². The molecule has 2 aromatic rings. The van der Waals surface area contributed by atoms with Crippen molar-refractivity contribution in [3.05, 3.63) is 30.2 Å². The van der Waals surface area contributed by atoms with E-state index in [1.165, 1.54) is 0 Å². The lowest BCUT2D eigenvalue weighted by molar-refractivity contribution is -0.119. The second-order valence-electron chi connectivity index (χ2n) is 6.60. The van der Waals surface area contributed by atoms with Crippen molar-refractivity contribution in [2.45, 2.75) is 45.2 Å². The second kappa shape index (κ2) is 7.76. The first-order chi connectivity index (χ1) is 12.1. The molecule has 0 spiro atoms. The van der Waals surface area contributed by atoms with Gasteiger partial charge in [-0.1, -0.05) is 19.8 Å². The first-order valence-electron chi connectivity index (χ1n) is 8.79. The highest BCUT2D eigenvalue weighted by Gasteiger charge is 2.20. The third-order valence-electron chi connectivity index (χ3n) is 4.69. The summed E-state index contributed by atoms with van der Waals surface area (Å²) in [6, 6.07) is 3.70. The van der Waals surface area contributed by atoms with Crippen molar-refractivity contribution in [1.29, 1.82) is 0 Å². The van der Waals surface area contributed by atoms with Crippen LogP contribution in [-0.4, -0.2) is 32.4 Å². The van der Waals surface area contributed by atoms with Crippen LogP contribution < -0.4 is 11.1 Å². The molecule has 134 valence electrons. The molecular weight excluding hydrogens is 318 g/mol. The molecule has 1 aliphatic rings. The van der Waals surface area contributed by atoms with E-state index in [1.54, 1.807) is 17.1 Å². The quantitative estimate of drug-likeness (QED) is 0.774. The molecule has 7 nitrogen and oxygen atoms in total. The van der Waals surface area contributed by atoms with Crippen LogP contribution in [0.5, 0.6) is 0 Å². The van der Waals surface area contributed by atoms with Crippen molar-refractivity contribution in [1.82, 2.24) is 14.8 Å². The number of nitrogens with zero attached hydrogens (tertiary/aromatic N) is 3. The van der Waals surface area contributed by atoms with Crippen LogP contribution in [0, 0.1) is 5.92 Å². The molecule has 7 heteroatoms. The van der Waals surface area contributed by atoms with Crippen molar-refractivity contribution in [2.75, 3.05) is 11.9 Å². The Hall–Kier alpha value is -2.25. The molecule has 2 aromatic heterocycles. The summed E-state index contributed by atoms with van der Waals surface area (Å²) in [4.78, 5) is 16.9. The van der Waals surface area contributed by atoms with Crippen molar-refractivity contribution < 1.29 is 9.90 Å². The highest BCUT2D eigenvalue weighted by Crippen LogP contribution is 2.31. The Morgan fingerprint density at radius 2 is 2.20 bits per heavy atom. The minimum atomic E-state index is -0.127. The Morgan fingerprint density at radius 3 is 3.00 bits per heavy atom. The fourth-order valence-corrected chi connectivity index (χ4v) is 3.19. The van der Waals surface area contributed by atoms with Gasteiger partial charge in [-0.3, -0.25) is 14.5 Å².